The van der Waals surface area contributed by atoms with Crippen LogP contribution in [0.1, 0.15) is 37.3 Å². The molecule has 0 spiro atoms. The lowest BCUT2D eigenvalue weighted by atomic mass is 9.80. The average molecular weight is 309 g/mol. The summed E-state index contributed by atoms with van der Waals surface area (Å²) in [5.74, 6) is 1.26. The molecule has 23 heavy (non-hydrogen) atoms. The Kier molecular flexibility index (Phi) is 4.96. The fraction of sp³-hybridized carbons (Fsp3) is 0.350. The number of anilines is 1. The molecule has 3 nitrogen and oxygen atoms in total. The monoisotopic (exact) mass is 309 g/mol. The van der Waals surface area contributed by atoms with Crippen molar-refractivity contribution in [3.63, 3.8) is 0 Å². The molecule has 1 saturated carbocycles. The van der Waals surface area contributed by atoms with Gasteiger partial charge in [-0.1, -0.05) is 36.8 Å². The number of benzene rings is 2. The van der Waals surface area contributed by atoms with Crippen LogP contribution in [0.2, 0.25) is 0 Å². The molecule has 2 atom stereocenters. The number of Topliss-reactive ketones (excluding diaryl/α,β-unsaturated/α-hetero) is 1. The molecule has 0 saturated heterocycles. The Morgan fingerprint density at radius 2 is 1.78 bits per heavy atom. The first-order chi connectivity index (χ1) is 11.3. The van der Waals surface area contributed by atoms with Gasteiger partial charge in [0.2, 0.25) is 0 Å². The first-order valence-electron chi connectivity index (χ1n) is 8.26. The van der Waals surface area contributed by atoms with Crippen molar-refractivity contribution in [1.82, 2.24) is 0 Å². The average Bonchev–Trinajstić information content (AvgIpc) is 2.62. The second kappa shape index (κ2) is 7.32. The molecule has 1 aliphatic rings. The van der Waals surface area contributed by atoms with E-state index in [-0.39, 0.29) is 12.0 Å². The van der Waals surface area contributed by atoms with Crippen LogP contribution in [0, 0.1) is 5.92 Å². The van der Waals surface area contributed by atoms with Gasteiger partial charge in [-0.2, -0.15) is 0 Å². The van der Waals surface area contributed by atoms with Crippen molar-refractivity contribution < 1.29 is 9.53 Å². The zero-order valence-corrected chi connectivity index (χ0v) is 13.5. The first kappa shape index (κ1) is 15.6. The summed E-state index contributed by atoms with van der Waals surface area (Å²) in [6.07, 6.45) is 3.82. The highest BCUT2D eigenvalue weighted by Gasteiger charge is 2.31. The second-order valence-electron chi connectivity index (χ2n) is 6.08. The lowest BCUT2D eigenvalue weighted by molar-refractivity contribution is -0.125. The summed E-state index contributed by atoms with van der Waals surface area (Å²) in [7, 11) is 1.66. The van der Waals surface area contributed by atoms with Crippen molar-refractivity contribution in [3.05, 3.63) is 60.2 Å². The van der Waals surface area contributed by atoms with Crippen LogP contribution in [-0.4, -0.2) is 12.9 Å². The maximum Gasteiger partial charge on any atom is 0.138 e. The fourth-order valence-corrected chi connectivity index (χ4v) is 3.31. The summed E-state index contributed by atoms with van der Waals surface area (Å²) < 4.78 is 5.21. The number of hydrogen-bond donors (Lipinski definition) is 1. The van der Waals surface area contributed by atoms with E-state index in [4.69, 9.17) is 4.74 Å². The number of carbonyl (C=O) groups excluding carboxylic acids is 1. The van der Waals surface area contributed by atoms with Crippen LogP contribution in [0.25, 0.3) is 0 Å². The largest absolute Gasteiger partial charge is 0.497 e. The van der Waals surface area contributed by atoms with Crippen molar-refractivity contribution in [2.75, 3.05) is 12.4 Å². The summed E-state index contributed by atoms with van der Waals surface area (Å²) in [5.41, 5.74) is 2.18. The maximum absolute atomic E-state index is 12.4. The summed E-state index contributed by atoms with van der Waals surface area (Å²) in [5, 5.41) is 3.57. The van der Waals surface area contributed by atoms with Gasteiger partial charge in [0.1, 0.15) is 11.5 Å². The van der Waals surface area contributed by atoms with Crippen LogP contribution in [0.3, 0.4) is 0 Å². The molecule has 0 radical (unpaired) electrons. The van der Waals surface area contributed by atoms with E-state index in [1.807, 2.05) is 42.5 Å². The van der Waals surface area contributed by atoms with Gasteiger partial charge in [-0.3, -0.25) is 4.79 Å². The smallest absolute Gasteiger partial charge is 0.138 e. The highest BCUT2D eigenvalue weighted by molar-refractivity contribution is 5.83. The van der Waals surface area contributed by atoms with E-state index in [2.05, 4.69) is 17.4 Å². The van der Waals surface area contributed by atoms with Gasteiger partial charge in [-0.25, -0.2) is 0 Å². The molecule has 0 bridgehead atoms. The van der Waals surface area contributed by atoms with E-state index >= 15 is 0 Å². The first-order valence-corrected chi connectivity index (χ1v) is 8.26. The van der Waals surface area contributed by atoms with E-state index in [1.54, 1.807) is 7.11 Å². The van der Waals surface area contributed by atoms with Crippen LogP contribution < -0.4 is 10.1 Å². The van der Waals surface area contributed by atoms with Crippen molar-refractivity contribution >= 4 is 11.5 Å². The molecule has 0 heterocycles. The molecule has 0 aromatic heterocycles. The van der Waals surface area contributed by atoms with Crippen LogP contribution in [-0.2, 0) is 4.79 Å². The maximum atomic E-state index is 12.4. The molecule has 2 aromatic carbocycles. The van der Waals surface area contributed by atoms with Crippen LogP contribution >= 0.6 is 0 Å². The number of methoxy groups -OCH3 is 1. The van der Waals surface area contributed by atoms with Gasteiger partial charge in [0.05, 0.1) is 13.2 Å². The summed E-state index contributed by atoms with van der Waals surface area (Å²) in [6.45, 7) is 0. The lowest BCUT2D eigenvalue weighted by Crippen LogP contribution is -2.30. The quantitative estimate of drug-likeness (QED) is 0.876. The van der Waals surface area contributed by atoms with E-state index in [1.165, 1.54) is 5.56 Å². The van der Waals surface area contributed by atoms with Crippen molar-refractivity contribution in [2.45, 2.75) is 31.7 Å². The Morgan fingerprint density at radius 1 is 1.04 bits per heavy atom. The number of nitrogens with one attached hydrogen (secondary N) is 1. The van der Waals surface area contributed by atoms with Gasteiger partial charge in [0, 0.05) is 18.0 Å². The molecule has 120 valence electrons. The summed E-state index contributed by atoms with van der Waals surface area (Å²) in [6, 6.07) is 18.2. The zero-order chi connectivity index (χ0) is 16.1. The van der Waals surface area contributed by atoms with E-state index < -0.39 is 0 Å². The number of ketones is 1. The molecule has 1 N–H and O–H groups in total. The van der Waals surface area contributed by atoms with E-state index in [0.29, 0.717) is 12.2 Å². The standard InChI is InChI=1S/C20H23NO2/c1-23-17-13-11-16(12-14-17)21-20(15-7-3-2-4-8-15)18-9-5-6-10-19(18)22/h2-4,7-8,11-14,18,20-21H,5-6,9-10H2,1H3/t18-,20-/m1/s1. The van der Waals surface area contributed by atoms with Gasteiger partial charge < -0.3 is 10.1 Å². The van der Waals surface area contributed by atoms with Gasteiger partial charge in [0.15, 0.2) is 0 Å². The van der Waals surface area contributed by atoms with Gasteiger partial charge in [-0.05, 0) is 42.7 Å². The molecular weight excluding hydrogens is 286 g/mol. The number of rotatable bonds is 5. The highest BCUT2D eigenvalue weighted by Crippen LogP contribution is 2.35. The van der Waals surface area contributed by atoms with Crippen molar-refractivity contribution in [2.24, 2.45) is 5.92 Å². The predicted octanol–water partition coefficient (Wildman–Crippen LogP) is 4.61. The number of ether oxygens (including phenoxy) is 1. The normalized spacial score (nSPS) is 19.2. The van der Waals surface area contributed by atoms with E-state index in [9.17, 15) is 4.79 Å². The van der Waals surface area contributed by atoms with Gasteiger partial charge in [0.25, 0.3) is 0 Å². The summed E-state index contributed by atoms with van der Waals surface area (Å²) in [4.78, 5) is 12.4. The Bertz CT molecular complexity index is 636. The Balaban J connectivity index is 1.86. The minimum atomic E-state index is 0.0254. The lowest BCUT2D eigenvalue weighted by Gasteiger charge is -2.31. The Morgan fingerprint density at radius 3 is 2.43 bits per heavy atom. The Hall–Kier alpha value is -2.29. The topological polar surface area (TPSA) is 38.3 Å². The van der Waals surface area contributed by atoms with Crippen LogP contribution in [0.4, 0.5) is 5.69 Å². The van der Waals surface area contributed by atoms with E-state index in [0.717, 1.165) is 30.7 Å². The number of carbonyl (C=O) groups is 1. The minimum absolute atomic E-state index is 0.0254. The van der Waals surface area contributed by atoms with Crippen LogP contribution in [0.5, 0.6) is 5.75 Å². The molecule has 1 fully saturated rings. The van der Waals surface area contributed by atoms with Crippen molar-refractivity contribution in [1.29, 1.82) is 0 Å². The third-order valence-corrected chi connectivity index (χ3v) is 4.58. The highest BCUT2D eigenvalue weighted by atomic mass is 16.5. The molecular formula is C20H23NO2. The third-order valence-electron chi connectivity index (χ3n) is 4.58. The molecule has 0 amide bonds. The molecule has 0 unspecified atom stereocenters. The van der Waals surface area contributed by atoms with Gasteiger partial charge in [-0.15, -0.1) is 0 Å². The SMILES string of the molecule is COc1ccc(N[C@H](c2ccccc2)[C@@H]2CCCCC2=O)cc1. The molecule has 1 aliphatic carbocycles. The fourth-order valence-electron chi connectivity index (χ4n) is 3.31. The minimum Gasteiger partial charge on any atom is -0.497 e. The second-order valence-corrected chi connectivity index (χ2v) is 6.08. The van der Waals surface area contributed by atoms with Gasteiger partial charge >= 0.3 is 0 Å². The number of hydrogen-bond acceptors (Lipinski definition) is 3. The molecule has 3 heteroatoms. The third kappa shape index (κ3) is 3.73. The Labute approximate surface area is 137 Å². The zero-order valence-electron chi connectivity index (χ0n) is 13.5. The van der Waals surface area contributed by atoms with Crippen molar-refractivity contribution in [3.8, 4) is 5.75 Å². The molecule has 3 rings (SSSR count). The molecule has 2 aromatic rings. The van der Waals surface area contributed by atoms with Crippen LogP contribution in [0.15, 0.2) is 54.6 Å². The summed E-state index contributed by atoms with van der Waals surface area (Å²) >= 11 is 0. The predicted molar refractivity (Wildman–Crippen MR) is 92.8 cm³/mol. The molecule has 0 aliphatic heterocycles.